The Bertz CT molecular complexity index is 715. The number of carbonyl (C=O) groups is 1. The maximum atomic E-state index is 11.7. The number of amides is 1. The molecule has 2 aromatic rings. The lowest BCUT2D eigenvalue weighted by molar-refractivity contribution is -0.125. The van der Waals surface area contributed by atoms with Crippen LogP contribution < -0.4 is 15.8 Å². The molecule has 0 bridgehead atoms. The van der Waals surface area contributed by atoms with Crippen LogP contribution in [-0.2, 0) is 22.6 Å². The fourth-order valence-corrected chi connectivity index (χ4v) is 2.53. The number of aromatic nitrogens is 1. The third kappa shape index (κ3) is 5.88. The number of hydrogen-bond acceptors (Lipinski definition) is 6. The number of carbonyl (C=O) groups excluding carboxylic acids is 1. The van der Waals surface area contributed by atoms with Gasteiger partial charge in [0.15, 0.2) is 6.61 Å². The Balaban J connectivity index is 1.71. The standard InChI is InChI=1S/C16H20N4O3S/c1-11-19-13(10-24-11)7-15(17)20-23-9-16(21)18-8-12-4-3-5-14(6-12)22-2/h3-6,10H,7-9H2,1-2H3,(H2,17,20)(H,18,21). The molecule has 1 amide bonds. The molecule has 8 heteroatoms. The highest BCUT2D eigenvalue weighted by Crippen LogP contribution is 2.12. The molecule has 0 radical (unpaired) electrons. The van der Waals surface area contributed by atoms with Crippen molar-refractivity contribution in [2.24, 2.45) is 10.9 Å². The number of rotatable bonds is 8. The summed E-state index contributed by atoms with van der Waals surface area (Å²) in [7, 11) is 1.60. The summed E-state index contributed by atoms with van der Waals surface area (Å²) in [5.74, 6) is 0.743. The molecule has 0 atom stereocenters. The van der Waals surface area contributed by atoms with Crippen molar-refractivity contribution in [3.8, 4) is 5.75 Å². The molecule has 0 aliphatic rings. The average molecular weight is 348 g/mol. The topological polar surface area (TPSA) is 98.8 Å². The van der Waals surface area contributed by atoms with Crippen molar-refractivity contribution in [3.63, 3.8) is 0 Å². The van der Waals surface area contributed by atoms with Crippen LogP contribution in [0.3, 0.4) is 0 Å². The fraction of sp³-hybridized carbons (Fsp3) is 0.312. The summed E-state index contributed by atoms with van der Waals surface area (Å²) in [6.45, 7) is 2.11. The number of hydrogen-bond donors (Lipinski definition) is 2. The molecule has 1 heterocycles. The molecule has 0 aliphatic carbocycles. The van der Waals surface area contributed by atoms with Crippen LogP contribution in [0.5, 0.6) is 5.75 Å². The van der Waals surface area contributed by atoms with Gasteiger partial charge in [-0.05, 0) is 24.6 Å². The van der Waals surface area contributed by atoms with E-state index < -0.39 is 0 Å². The minimum absolute atomic E-state index is 0.194. The van der Waals surface area contributed by atoms with Gasteiger partial charge in [-0.2, -0.15) is 0 Å². The van der Waals surface area contributed by atoms with Crippen LogP contribution in [-0.4, -0.2) is 30.4 Å². The van der Waals surface area contributed by atoms with E-state index in [-0.39, 0.29) is 18.3 Å². The molecule has 128 valence electrons. The summed E-state index contributed by atoms with van der Waals surface area (Å²) in [6.07, 6.45) is 0.399. The highest BCUT2D eigenvalue weighted by molar-refractivity contribution is 7.09. The molecule has 0 saturated carbocycles. The third-order valence-corrected chi connectivity index (χ3v) is 3.85. The monoisotopic (exact) mass is 348 g/mol. The number of nitrogens with zero attached hydrogens (tertiary/aromatic N) is 2. The molecular formula is C16H20N4O3S. The predicted octanol–water partition coefficient (Wildman–Crippen LogP) is 1.61. The van der Waals surface area contributed by atoms with E-state index in [2.05, 4.69) is 15.5 Å². The van der Waals surface area contributed by atoms with E-state index in [4.69, 9.17) is 15.3 Å². The van der Waals surface area contributed by atoms with Crippen LogP contribution in [0.1, 0.15) is 16.3 Å². The lowest BCUT2D eigenvalue weighted by Gasteiger charge is -2.06. The molecule has 0 spiro atoms. The first-order valence-corrected chi connectivity index (χ1v) is 8.19. The van der Waals surface area contributed by atoms with Crippen molar-refractivity contribution in [3.05, 3.63) is 45.9 Å². The lowest BCUT2D eigenvalue weighted by atomic mass is 10.2. The van der Waals surface area contributed by atoms with Gasteiger partial charge >= 0.3 is 0 Å². The molecule has 2 rings (SSSR count). The number of amidine groups is 1. The maximum Gasteiger partial charge on any atom is 0.261 e. The van der Waals surface area contributed by atoms with Gasteiger partial charge in [-0.25, -0.2) is 4.98 Å². The SMILES string of the molecule is COc1cccc(CNC(=O)CON=C(N)Cc2csc(C)n2)c1. The molecule has 7 nitrogen and oxygen atoms in total. The normalized spacial score (nSPS) is 11.2. The minimum atomic E-state index is -0.279. The van der Waals surface area contributed by atoms with Crippen LogP contribution >= 0.6 is 11.3 Å². The molecule has 0 aliphatic heterocycles. The smallest absolute Gasteiger partial charge is 0.261 e. The second kappa shape index (κ2) is 8.88. The van der Waals surface area contributed by atoms with Gasteiger partial charge in [0.05, 0.1) is 24.2 Å². The summed E-state index contributed by atoms with van der Waals surface area (Å²) in [5.41, 5.74) is 7.51. The van der Waals surface area contributed by atoms with Crippen molar-refractivity contribution < 1.29 is 14.4 Å². The highest BCUT2D eigenvalue weighted by atomic mass is 32.1. The summed E-state index contributed by atoms with van der Waals surface area (Å²) in [4.78, 5) is 21.0. The number of methoxy groups -OCH3 is 1. The van der Waals surface area contributed by atoms with E-state index in [1.54, 1.807) is 18.4 Å². The van der Waals surface area contributed by atoms with Gasteiger partial charge < -0.3 is 20.6 Å². The van der Waals surface area contributed by atoms with E-state index in [0.717, 1.165) is 22.0 Å². The molecule has 3 N–H and O–H groups in total. The Morgan fingerprint density at radius 1 is 1.46 bits per heavy atom. The number of oxime groups is 1. The van der Waals surface area contributed by atoms with E-state index >= 15 is 0 Å². The van der Waals surface area contributed by atoms with Crippen molar-refractivity contribution in [1.29, 1.82) is 0 Å². The Hall–Kier alpha value is -2.61. The number of ether oxygens (including phenoxy) is 1. The third-order valence-electron chi connectivity index (χ3n) is 3.03. The Morgan fingerprint density at radius 3 is 3.00 bits per heavy atom. The quantitative estimate of drug-likeness (QED) is 0.429. The van der Waals surface area contributed by atoms with E-state index in [1.807, 2.05) is 36.6 Å². The second-order valence-corrected chi connectivity index (χ2v) is 6.08. The Labute approximate surface area is 144 Å². The first-order valence-electron chi connectivity index (χ1n) is 7.31. The first kappa shape index (κ1) is 17.7. The van der Waals surface area contributed by atoms with E-state index in [1.165, 1.54) is 0 Å². The van der Waals surface area contributed by atoms with Crippen molar-refractivity contribution in [2.45, 2.75) is 19.9 Å². The van der Waals surface area contributed by atoms with E-state index in [9.17, 15) is 4.79 Å². The average Bonchev–Trinajstić information content (AvgIpc) is 2.98. The zero-order valence-corrected chi connectivity index (χ0v) is 14.4. The summed E-state index contributed by atoms with van der Waals surface area (Å²) < 4.78 is 5.13. The summed E-state index contributed by atoms with van der Waals surface area (Å²) in [5, 5.41) is 9.35. The molecule has 0 saturated heterocycles. The van der Waals surface area contributed by atoms with Crippen LogP contribution in [0.2, 0.25) is 0 Å². The molecular weight excluding hydrogens is 328 g/mol. The molecule has 1 aromatic heterocycles. The summed E-state index contributed by atoms with van der Waals surface area (Å²) in [6, 6.07) is 7.46. The number of aryl methyl sites for hydroxylation is 1. The molecule has 0 fully saturated rings. The number of benzene rings is 1. The fourth-order valence-electron chi connectivity index (χ4n) is 1.92. The van der Waals surface area contributed by atoms with Crippen molar-refractivity contribution in [1.82, 2.24) is 10.3 Å². The van der Waals surface area contributed by atoms with Gasteiger partial charge in [0.25, 0.3) is 5.91 Å². The minimum Gasteiger partial charge on any atom is -0.497 e. The Morgan fingerprint density at radius 2 is 2.29 bits per heavy atom. The van der Waals surface area contributed by atoms with Crippen LogP contribution in [0.15, 0.2) is 34.8 Å². The van der Waals surface area contributed by atoms with Gasteiger partial charge in [-0.1, -0.05) is 17.3 Å². The van der Waals surface area contributed by atoms with Crippen molar-refractivity contribution in [2.75, 3.05) is 13.7 Å². The van der Waals surface area contributed by atoms with Crippen LogP contribution in [0.4, 0.5) is 0 Å². The van der Waals surface area contributed by atoms with Gasteiger partial charge in [-0.3, -0.25) is 4.79 Å². The van der Waals surface area contributed by atoms with Crippen LogP contribution in [0.25, 0.3) is 0 Å². The van der Waals surface area contributed by atoms with Gasteiger partial charge in [0.2, 0.25) is 0 Å². The molecule has 1 aromatic carbocycles. The summed E-state index contributed by atoms with van der Waals surface area (Å²) >= 11 is 1.55. The predicted molar refractivity (Wildman–Crippen MR) is 93.0 cm³/mol. The highest BCUT2D eigenvalue weighted by Gasteiger charge is 2.05. The number of thiazole rings is 1. The second-order valence-electron chi connectivity index (χ2n) is 5.02. The van der Waals surface area contributed by atoms with E-state index in [0.29, 0.717) is 13.0 Å². The van der Waals surface area contributed by atoms with Gasteiger partial charge in [-0.15, -0.1) is 11.3 Å². The zero-order chi connectivity index (χ0) is 17.4. The van der Waals surface area contributed by atoms with Gasteiger partial charge in [0, 0.05) is 11.9 Å². The van der Waals surface area contributed by atoms with Gasteiger partial charge in [0.1, 0.15) is 11.6 Å². The largest absolute Gasteiger partial charge is 0.497 e. The number of nitrogens with two attached hydrogens (primary N) is 1. The molecule has 24 heavy (non-hydrogen) atoms. The number of nitrogens with one attached hydrogen (secondary N) is 1. The lowest BCUT2D eigenvalue weighted by Crippen LogP contribution is -2.27. The maximum absolute atomic E-state index is 11.7. The van der Waals surface area contributed by atoms with Crippen LogP contribution in [0, 0.1) is 6.92 Å². The Kier molecular flexibility index (Phi) is 6.56. The first-order chi connectivity index (χ1) is 11.6. The van der Waals surface area contributed by atoms with Crippen molar-refractivity contribution >= 4 is 23.1 Å². The molecule has 0 unspecified atom stereocenters. The zero-order valence-electron chi connectivity index (χ0n) is 13.6.